The smallest absolute Gasteiger partial charge is 0.178 e. The predicted octanol–water partition coefficient (Wildman–Crippen LogP) is 1.27. The van der Waals surface area contributed by atoms with Gasteiger partial charge < -0.3 is 5.73 Å². The van der Waals surface area contributed by atoms with Gasteiger partial charge in [0.05, 0.1) is 0 Å². The Hall–Kier alpha value is -0.610. The lowest BCUT2D eigenvalue weighted by molar-refractivity contribution is 0.246. The maximum atomic E-state index is 5.37. The molecule has 0 unspecified atom stereocenters. The van der Waals surface area contributed by atoms with Crippen molar-refractivity contribution in [3.63, 3.8) is 0 Å². The molecule has 76 valence electrons. The molecular weight excluding hydrogens is 182 g/mol. The molecule has 0 rings (SSSR count). The standard InChI is InChI=1S/C9H19N3S/c1-4-6-12(11-9(10)13)7-5-8(2)3/h4,8H,1,5-7H2,2-3H3,(H3,10,11,13). The van der Waals surface area contributed by atoms with E-state index in [4.69, 9.17) is 18.0 Å². The highest BCUT2D eigenvalue weighted by Crippen LogP contribution is 2.00. The highest BCUT2D eigenvalue weighted by Gasteiger charge is 2.03. The van der Waals surface area contributed by atoms with Crippen LogP contribution >= 0.6 is 12.2 Å². The van der Waals surface area contributed by atoms with Crippen molar-refractivity contribution in [2.45, 2.75) is 20.3 Å². The molecule has 0 saturated carbocycles. The fourth-order valence-electron chi connectivity index (χ4n) is 0.919. The fourth-order valence-corrected chi connectivity index (χ4v) is 1.05. The van der Waals surface area contributed by atoms with E-state index in [-0.39, 0.29) is 0 Å². The van der Waals surface area contributed by atoms with Gasteiger partial charge in [-0.15, -0.1) is 6.58 Å². The van der Waals surface area contributed by atoms with E-state index in [0.29, 0.717) is 11.0 Å². The molecule has 4 heteroatoms. The molecule has 0 saturated heterocycles. The van der Waals surface area contributed by atoms with Crippen LogP contribution < -0.4 is 11.2 Å². The van der Waals surface area contributed by atoms with Gasteiger partial charge in [-0.2, -0.15) is 0 Å². The summed E-state index contributed by atoms with van der Waals surface area (Å²) >= 11 is 4.76. The molecule has 0 atom stereocenters. The van der Waals surface area contributed by atoms with Gasteiger partial charge in [0, 0.05) is 13.1 Å². The number of hydrogen-bond donors (Lipinski definition) is 2. The van der Waals surface area contributed by atoms with Crippen LogP contribution in [-0.2, 0) is 0 Å². The van der Waals surface area contributed by atoms with Gasteiger partial charge in [-0.3, -0.25) is 5.43 Å². The Morgan fingerprint density at radius 2 is 2.31 bits per heavy atom. The van der Waals surface area contributed by atoms with Gasteiger partial charge in [0.25, 0.3) is 0 Å². The SMILES string of the molecule is C=CCN(CCC(C)C)NC(N)=S. The summed E-state index contributed by atoms with van der Waals surface area (Å²) < 4.78 is 0. The number of nitrogens with one attached hydrogen (secondary N) is 1. The van der Waals surface area contributed by atoms with Crippen LogP contribution in [0.4, 0.5) is 0 Å². The largest absolute Gasteiger partial charge is 0.375 e. The van der Waals surface area contributed by atoms with Crippen LogP contribution in [0.25, 0.3) is 0 Å². The molecule has 0 spiro atoms. The monoisotopic (exact) mass is 201 g/mol. The second-order valence-electron chi connectivity index (χ2n) is 3.39. The fraction of sp³-hybridized carbons (Fsp3) is 0.667. The number of nitrogens with two attached hydrogens (primary N) is 1. The minimum atomic E-state index is 0.311. The van der Waals surface area contributed by atoms with E-state index in [0.717, 1.165) is 19.5 Å². The first-order valence-electron chi connectivity index (χ1n) is 4.48. The topological polar surface area (TPSA) is 41.3 Å². The molecule has 3 N–H and O–H groups in total. The number of hydrogen-bond acceptors (Lipinski definition) is 2. The summed E-state index contributed by atoms with van der Waals surface area (Å²) in [5.41, 5.74) is 8.28. The molecule has 0 aliphatic heterocycles. The van der Waals surface area contributed by atoms with E-state index >= 15 is 0 Å². The van der Waals surface area contributed by atoms with E-state index in [9.17, 15) is 0 Å². The van der Waals surface area contributed by atoms with E-state index in [1.807, 2.05) is 11.1 Å². The normalized spacial score (nSPS) is 10.5. The Bertz CT molecular complexity index is 168. The van der Waals surface area contributed by atoms with Crippen LogP contribution in [0.1, 0.15) is 20.3 Å². The molecule has 0 aromatic carbocycles. The zero-order valence-corrected chi connectivity index (χ0v) is 9.23. The van der Waals surface area contributed by atoms with Crippen LogP contribution in [0.3, 0.4) is 0 Å². The average molecular weight is 201 g/mol. The summed E-state index contributed by atoms with van der Waals surface area (Å²) in [6.07, 6.45) is 2.94. The molecule has 13 heavy (non-hydrogen) atoms. The molecule has 3 nitrogen and oxygen atoms in total. The summed E-state index contributed by atoms with van der Waals surface area (Å²) in [4.78, 5) is 0. The molecule has 0 radical (unpaired) electrons. The molecule has 0 heterocycles. The van der Waals surface area contributed by atoms with E-state index < -0.39 is 0 Å². The van der Waals surface area contributed by atoms with Crippen molar-refractivity contribution in [1.29, 1.82) is 0 Å². The summed E-state index contributed by atoms with van der Waals surface area (Å²) in [7, 11) is 0. The third-order valence-corrected chi connectivity index (χ3v) is 1.69. The van der Waals surface area contributed by atoms with Gasteiger partial charge >= 0.3 is 0 Å². The van der Waals surface area contributed by atoms with Crippen molar-refractivity contribution in [2.24, 2.45) is 11.7 Å². The zero-order chi connectivity index (χ0) is 10.3. The maximum absolute atomic E-state index is 5.37. The molecule has 0 fully saturated rings. The lowest BCUT2D eigenvalue weighted by atomic mass is 10.1. The Balaban J connectivity index is 3.79. The molecule has 0 aromatic rings. The molecule has 0 aliphatic carbocycles. The van der Waals surface area contributed by atoms with Gasteiger partial charge in [0.1, 0.15) is 0 Å². The molecule has 0 aromatic heterocycles. The van der Waals surface area contributed by atoms with Gasteiger partial charge in [0.15, 0.2) is 5.11 Å². The Morgan fingerprint density at radius 3 is 2.69 bits per heavy atom. The minimum absolute atomic E-state index is 0.311. The second-order valence-corrected chi connectivity index (χ2v) is 3.83. The van der Waals surface area contributed by atoms with Crippen LogP contribution in [0, 0.1) is 5.92 Å². The van der Waals surface area contributed by atoms with Crippen molar-refractivity contribution in [3.05, 3.63) is 12.7 Å². The summed E-state index contributed by atoms with van der Waals surface area (Å²) in [6, 6.07) is 0. The average Bonchev–Trinajstić information content (AvgIpc) is 1.99. The summed E-state index contributed by atoms with van der Waals surface area (Å²) in [5.74, 6) is 0.681. The number of nitrogens with zero attached hydrogens (tertiary/aromatic N) is 1. The van der Waals surface area contributed by atoms with Crippen molar-refractivity contribution < 1.29 is 0 Å². The number of rotatable bonds is 6. The van der Waals surface area contributed by atoms with E-state index in [2.05, 4.69) is 25.9 Å². The Kier molecular flexibility index (Phi) is 6.54. The first kappa shape index (κ1) is 12.4. The number of hydrazine groups is 1. The lowest BCUT2D eigenvalue weighted by Crippen LogP contribution is -2.45. The van der Waals surface area contributed by atoms with Gasteiger partial charge in [-0.1, -0.05) is 19.9 Å². The summed E-state index contributed by atoms with van der Waals surface area (Å²) in [5, 5.41) is 2.28. The van der Waals surface area contributed by atoms with Crippen LogP contribution in [0.5, 0.6) is 0 Å². The Morgan fingerprint density at radius 1 is 1.69 bits per heavy atom. The van der Waals surface area contributed by atoms with Crippen LogP contribution in [0.15, 0.2) is 12.7 Å². The van der Waals surface area contributed by atoms with E-state index in [1.54, 1.807) is 0 Å². The van der Waals surface area contributed by atoms with Crippen molar-refractivity contribution in [2.75, 3.05) is 13.1 Å². The van der Waals surface area contributed by atoms with Gasteiger partial charge in [-0.05, 0) is 24.6 Å². The molecular formula is C9H19N3S. The van der Waals surface area contributed by atoms with Gasteiger partial charge in [-0.25, -0.2) is 5.01 Å². The van der Waals surface area contributed by atoms with Crippen molar-refractivity contribution >= 4 is 17.3 Å². The Labute approximate surface area is 85.9 Å². The van der Waals surface area contributed by atoms with E-state index in [1.165, 1.54) is 0 Å². The maximum Gasteiger partial charge on any atom is 0.178 e. The summed E-state index contributed by atoms with van der Waals surface area (Å²) in [6.45, 7) is 9.73. The third-order valence-electron chi connectivity index (χ3n) is 1.59. The van der Waals surface area contributed by atoms with Crippen molar-refractivity contribution in [1.82, 2.24) is 10.4 Å². The molecule has 0 aliphatic rings. The predicted molar refractivity (Wildman–Crippen MR) is 61.1 cm³/mol. The zero-order valence-electron chi connectivity index (χ0n) is 8.42. The van der Waals surface area contributed by atoms with Crippen LogP contribution in [-0.4, -0.2) is 23.2 Å². The quantitative estimate of drug-likeness (QED) is 0.386. The highest BCUT2D eigenvalue weighted by molar-refractivity contribution is 7.80. The minimum Gasteiger partial charge on any atom is -0.375 e. The van der Waals surface area contributed by atoms with Gasteiger partial charge in [0.2, 0.25) is 0 Å². The third kappa shape index (κ3) is 7.74. The lowest BCUT2D eigenvalue weighted by Gasteiger charge is -2.22. The molecule has 0 bridgehead atoms. The first-order valence-corrected chi connectivity index (χ1v) is 4.89. The van der Waals surface area contributed by atoms with Crippen molar-refractivity contribution in [3.8, 4) is 0 Å². The van der Waals surface area contributed by atoms with Crippen LogP contribution in [0.2, 0.25) is 0 Å². The highest BCUT2D eigenvalue weighted by atomic mass is 32.1. The molecule has 0 amide bonds. The number of thiocarbonyl (C=S) groups is 1. The second kappa shape index (κ2) is 6.86. The first-order chi connectivity index (χ1) is 6.06.